The first-order valence-electron chi connectivity index (χ1n) is 8.39. The summed E-state index contributed by atoms with van der Waals surface area (Å²) in [4.78, 5) is 12.0. The van der Waals surface area contributed by atoms with Gasteiger partial charge in [0.1, 0.15) is 17.0 Å². The van der Waals surface area contributed by atoms with Crippen molar-refractivity contribution in [3.05, 3.63) is 95.5 Å². The molecule has 4 nitrogen and oxygen atoms in total. The fourth-order valence-corrected chi connectivity index (χ4v) is 2.99. The van der Waals surface area contributed by atoms with Gasteiger partial charge in [-0.2, -0.15) is 9.78 Å². The highest BCUT2D eigenvalue weighted by Gasteiger charge is 2.22. The Morgan fingerprint density at radius 1 is 0.889 bits per heavy atom. The number of hydrogen-bond acceptors (Lipinski definition) is 3. The molecule has 0 saturated heterocycles. The maximum Gasteiger partial charge on any atom is 0.233 e. The molecular formula is C22H15ClN2O2. The quantitative estimate of drug-likeness (QED) is 0.415. The van der Waals surface area contributed by atoms with E-state index in [-0.39, 0.29) is 0 Å². The lowest BCUT2D eigenvalue weighted by Gasteiger charge is -2.09. The van der Waals surface area contributed by atoms with Gasteiger partial charge in [-0.1, -0.05) is 66.2 Å². The van der Waals surface area contributed by atoms with Crippen molar-refractivity contribution in [3.8, 4) is 28.6 Å². The summed E-state index contributed by atoms with van der Waals surface area (Å²) in [6.45, 7) is 0. The number of rotatable bonds is 5. The Hall–Kier alpha value is -3.37. The van der Waals surface area contributed by atoms with Crippen LogP contribution in [0.1, 0.15) is 10.4 Å². The number of nitrogens with zero attached hydrogens (tertiary/aromatic N) is 2. The highest BCUT2D eigenvalue weighted by molar-refractivity contribution is 6.30. The molecule has 0 radical (unpaired) electrons. The number of hydrogen-bond donors (Lipinski definition) is 0. The number of halogens is 1. The largest absolute Gasteiger partial charge is 0.438 e. The van der Waals surface area contributed by atoms with Gasteiger partial charge in [0.15, 0.2) is 6.29 Å². The summed E-state index contributed by atoms with van der Waals surface area (Å²) in [5.41, 5.74) is 2.57. The normalized spacial score (nSPS) is 10.6. The monoisotopic (exact) mass is 374 g/mol. The van der Waals surface area contributed by atoms with Gasteiger partial charge in [0, 0.05) is 10.6 Å². The van der Waals surface area contributed by atoms with E-state index in [1.807, 2.05) is 60.7 Å². The summed E-state index contributed by atoms with van der Waals surface area (Å²) in [6, 6.07) is 26.1. The molecule has 0 amide bonds. The molecule has 0 spiro atoms. The highest BCUT2D eigenvalue weighted by atomic mass is 35.5. The van der Waals surface area contributed by atoms with Crippen molar-refractivity contribution in [2.75, 3.05) is 0 Å². The van der Waals surface area contributed by atoms with Crippen LogP contribution < -0.4 is 4.74 Å². The van der Waals surface area contributed by atoms with Crippen LogP contribution >= 0.6 is 11.6 Å². The van der Waals surface area contributed by atoms with Crippen molar-refractivity contribution in [3.63, 3.8) is 0 Å². The maximum absolute atomic E-state index is 12.0. The summed E-state index contributed by atoms with van der Waals surface area (Å²) < 4.78 is 7.69. The minimum atomic E-state index is 0.345. The van der Waals surface area contributed by atoms with E-state index in [9.17, 15) is 4.79 Å². The number of benzene rings is 3. The number of ether oxygens (including phenoxy) is 1. The van der Waals surface area contributed by atoms with Crippen LogP contribution in [0.3, 0.4) is 0 Å². The maximum atomic E-state index is 12.0. The van der Waals surface area contributed by atoms with Crippen LogP contribution in [0.2, 0.25) is 5.02 Å². The van der Waals surface area contributed by atoms with E-state index in [0.29, 0.717) is 27.9 Å². The molecule has 0 aliphatic carbocycles. The zero-order chi connectivity index (χ0) is 18.6. The lowest BCUT2D eigenvalue weighted by molar-refractivity contribution is 0.112. The number of carbonyl (C=O) groups excluding carboxylic acids is 1. The minimum Gasteiger partial charge on any atom is -0.438 e. The number of aromatic nitrogens is 2. The van der Waals surface area contributed by atoms with Crippen LogP contribution in [0, 0.1) is 0 Å². The van der Waals surface area contributed by atoms with E-state index in [0.717, 1.165) is 17.5 Å². The summed E-state index contributed by atoms with van der Waals surface area (Å²) in [7, 11) is 0. The average molecular weight is 375 g/mol. The van der Waals surface area contributed by atoms with Crippen molar-refractivity contribution in [1.29, 1.82) is 0 Å². The van der Waals surface area contributed by atoms with Gasteiger partial charge in [-0.15, -0.1) is 0 Å². The number of aldehydes is 1. The smallest absolute Gasteiger partial charge is 0.233 e. The molecule has 1 heterocycles. The Labute approximate surface area is 161 Å². The van der Waals surface area contributed by atoms with Gasteiger partial charge < -0.3 is 4.74 Å². The van der Waals surface area contributed by atoms with Crippen LogP contribution in [-0.2, 0) is 0 Å². The molecular weight excluding hydrogens is 360 g/mol. The molecule has 0 N–H and O–H groups in total. The molecule has 0 aliphatic heterocycles. The third-order valence-corrected chi connectivity index (χ3v) is 4.29. The molecule has 0 bridgehead atoms. The molecule has 4 rings (SSSR count). The van der Waals surface area contributed by atoms with Crippen molar-refractivity contribution in [2.24, 2.45) is 0 Å². The van der Waals surface area contributed by atoms with Gasteiger partial charge in [-0.25, -0.2) is 0 Å². The summed E-state index contributed by atoms with van der Waals surface area (Å²) in [5, 5.41) is 5.22. The number of carbonyl (C=O) groups is 1. The van der Waals surface area contributed by atoms with Gasteiger partial charge in [0.25, 0.3) is 0 Å². The molecule has 0 saturated carbocycles. The highest BCUT2D eigenvalue weighted by Crippen LogP contribution is 2.34. The van der Waals surface area contributed by atoms with E-state index in [2.05, 4.69) is 5.10 Å². The molecule has 0 aliphatic rings. The fourth-order valence-electron chi connectivity index (χ4n) is 2.81. The number of para-hydroxylation sites is 1. The molecule has 132 valence electrons. The second kappa shape index (κ2) is 7.48. The molecule has 0 unspecified atom stereocenters. The first-order chi connectivity index (χ1) is 13.3. The predicted molar refractivity (Wildman–Crippen MR) is 106 cm³/mol. The van der Waals surface area contributed by atoms with Crippen molar-refractivity contribution in [1.82, 2.24) is 9.78 Å². The standard InChI is InChI=1S/C22H15ClN2O2/c23-17-10-7-13-19(14-17)27-22-20(15-26)21(16-8-3-1-4-9-16)24-25(22)18-11-5-2-6-12-18/h1-15H. The Morgan fingerprint density at radius 3 is 2.26 bits per heavy atom. The predicted octanol–water partition coefficient (Wildman–Crippen LogP) is 5.80. The zero-order valence-electron chi connectivity index (χ0n) is 14.2. The third-order valence-electron chi connectivity index (χ3n) is 4.05. The molecule has 4 aromatic rings. The molecule has 27 heavy (non-hydrogen) atoms. The Kier molecular flexibility index (Phi) is 4.73. The molecule has 1 aromatic heterocycles. The molecule has 3 aromatic carbocycles. The van der Waals surface area contributed by atoms with E-state index < -0.39 is 0 Å². The Balaban J connectivity index is 1.91. The van der Waals surface area contributed by atoms with Crippen LogP contribution in [0.4, 0.5) is 0 Å². The second-order valence-electron chi connectivity index (χ2n) is 5.86. The van der Waals surface area contributed by atoms with Gasteiger partial charge in [-0.05, 0) is 30.3 Å². The lowest BCUT2D eigenvalue weighted by Crippen LogP contribution is -2.00. The third kappa shape index (κ3) is 3.48. The first kappa shape index (κ1) is 17.1. The zero-order valence-corrected chi connectivity index (χ0v) is 15.0. The van der Waals surface area contributed by atoms with E-state index in [1.165, 1.54) is 0 Å². The van der Waals surface area contributed by atoms with Gasteiger partial charge >= 0.3 is 0 Å². The SMILES string of the molecule is O=Cc1c(-c2ccccc2)nn(-c2ccccc2)c1Oc1cccc(Cl)c1. The molecule has 0 fully saturated rings. The Morgan fingerprint density at radius 2 is 1.59 bits per heavy atom. The molecule has 5 heteroatoms. The summed E-state index contributed by atoms with van der Waals surface area (Å²) >= 11 is 6.07. The second-order valence-corrected chi connectivity index (χ2v) is 6.29. The summed E-state index contributed by atoms with van der Waals surface area (Å²) in [6.07, 6.45) is 0.772. The fraction of sp³-hybridized carbons (Fsp3) is 0. The topological polar surface area (TPSA) is 44.1 Å². The van der Waals surface area contributed by atoms with Crippen molar-refractivity contribution < 1.29 is 9.53 Å². The van der Waals surface area contributed by atoms with Crippen LogP contribution in [0.15, 0.2) is 84.9 Å². The lowest BCUT2D eigenvalue weighted by atomic mass is 10.1. The van der Waals surface area contributed by atoms with E-state index in [4.69, 9.17) is 16.3 Å². The van der Waals surface area contributed by atoms with Crippen LogP contribution in [0.5, 0.6) is 11.6 Å². The van der Waals surface area contributed by atoms with Gasteiger partial charge in [0.2, 0.25) is 5.88 Å². The minimum absolute atomic E-state index is 0.345. The van der Waals surface area contributed by atoms with Gasteiger partial charge in [0.05, 0.1) is 5.69 Å². The van der Waals surface area contributed by atoms with Crippen molar-refractivity contribution >= 4 is 17.9 Å². The van der Waals surface area contributed by atoms with Gasteiger partial charge in [-0.3, -0.25) is 4.79 Å². The first-order valence-corrected chi connectivity index (χ1v) is 8.76. The van der Waals surface area contributed by atoms with Crippen LogP contribution in [-0.4, -0.2) is 16.1 Å². The van der Waals surface area contributed by atoms with E-state index in [1.54, 1.807) is 28.9 Å². The van der Waals surface area contributed by atoms with E-state index >= 15 is 0 Å². The summed E-state index contributed by atoms with van der Waals surface area (Å²) in [5.74, 6) is 0.875. The van der Waals surface area contributed by atoms with Crippen molar-refractivity contribution in [2.45, 2.75) is 0 Å². The average Bonchev–Trinajstić information content (AvgIpc) is 3.07. The Bertz CT molecular complexity index is 1080. The molecule has 0 atom stereocenters. The van der Waals surface area contributed by atoms with Crippen LogP contribution in [0.25, 0.3) is 16.9 Å².